The zero-order chi connectivity index (χ0) is 12.3. The SMILES string of the molecule is O=P(Cl)(Cc1ccccc1Cl)C1CCCCC1. The molecule has 4 heteroatoms. The summed E-state index contributed by atoms with van der Waals surface area (Å²) in [5, 5.41) is 0.671. The van der Waals surface area contributed by atoms with Crippen LogP contribution in [0.1, 0.15) is 37.7 Å². The molecular formula is C13H17Cl2OP. The maximum atomic E-state index is 12.6. The molecule has 0 bridgehead atoms. The second-order valence-corrected chi connectivity index (χ2v) is 9.32. The first-order valence-corrected chi connectivity index (χ1v) is 9.36. The minimum Gasteiger partial charge on any atom is -0.306 e. The van der Waals surface area contributed by atoms with Crippen molar-refractivity contribution >= 4 is 29.3 Å². The first kappa shape index (κ1) is 13.5. The van der Waals surface area contributed by atoms with Gasteiger partial charge in [0.25, 0.3) is 0 Å². The maximum Gasteiger partial charge on any atom is 0.176 e. The van der Waals surface area contributed by atoms with Crippen LogP contribution in [0.15, 0.2) is 24.3 Å². The monoisotopic (exact) mass is 290 g/mol. The fourth-order valence-electron chi connectivity index (χ4n) is 2.45. The van der Waals surface area contributed by atoms with Gasteiger partial charge in [-0.3, -0.25) is 0 Å². The quantitative estimate of drug-likeness (QED) is 0.654. The minimum absolute atomic E-state index is 0.189. The maximum absolute atomic E-state index is 12.6. The highest BCUT2D eigenvalue weighted by Gasteiger charge is 2.32. The number of hydrogen-bond acceptors (Lipinski definition) is 1. The lowest BCUT2D eigenvalue weighted by Gasteiger charge is -2.26. The van der Waals surface area contributed by atoms with Crippen LogP contribution in [0, 0.1) is 0 Å². The van der Waals surface area contributed by atoms with E-state index < -0.39 is 6.49 Å². The summed E-state index contributed by atoms with van der Waals surface area (Å²) < 4.78 is 12.6. The van der Waals surface area contributed by atoms with Gasteiger partial charge in [-0.1, -0.05) is 60.3 Å². The molecule has 17 heavy (non-hydrogen) atoms. The highest BCUT2D eigenvalue weighted by molar-refractivity contribution is 7.89. The van der Waals surface area contributed by atoms with Gasteiger partial charge in [0.2, 0.25) is 0 Å². The van der Waals surface area contributed by atoms with Crippen molar-refractivity contribution in [3.05, 3.63) is 34.9 Å². The van der Waals surface area contributed by atoms with Crippen LogP contribution in [0.25, 0.3) is 0 Å². The second kappa shape index (κ2) is 5.78. The average Bonchev–Trinajstić information content (AvgIpc) is 2.33. The van der Waals surface area contributed by atoms with E-state index in [1.165, 1.54) is 6.42 Å². The van der Waals surface area contributed by atoms with Crippen LogP contribution in [0.4, 0.5) is 0 Å². The molecule has 1 nitrogen and oxygen atoms in total. The Morgan fingerprint density at radius 3 is 2.47 bits per heavy atom. The van der Waals surface area contributed by atoms with Crippen LogP contribution >= 0.6 is 29.3 Å². The molecule has 94 valence electrons. The molecule has 0 amide bonds. The number of benzene rings is 1. The number of halogens is 2. The van der Waals surface area contributed by atoms with E-state index in [1.807, 2.05) is 24.3 Å². The Hall–Kier alpha value is 0.0300. The highest BCUT2D eigenvalue weighted by Crippen LogP contribution is 2.62. The van der Waals surface area contributed by atoms with Gasteiger partial charge >= 0.3 is 0 Å². The normalized spacial score (nSPS) is 21.1. The van der Waals surface area contributed by atoms with Gasteiger partial charge in [0, 0.05) is 16.8 Å². The smallest absolute Gasteiger partial charge is 0.176 e. The Morgan fingerprint density at radius 2 is 1.82 bits per heavy atom. The number of rotatable bonds is 3. The van der Waals surface area contributed by atoms with Gasteiger partial charge in [-0.2, -0.15) is 0 Å². The summed E-state index contributed by atoms with van der Waals surface area (Å²) in [6.07, 6.45) is 6.00. The molecule has 1 saturated carbocycles. The van der Waals surface area contributed by atoms with Gasteiger partial charge in [-0.05, 0) is 24.5 Å². The zero-order valence-electron chi connectivity index (χ0n) is 9.74. The fourth-order valence-corrected chi connectivity index (χ4v) is 5.86. The first-order chi connectivity index (χ1) is 8.09. The van der Waals surface area contributed by atoms with Crippen molar-refractivity contribution in [3.8, 4) is 0 Å². The van der Waals surface area contributed by atoms with E-state index in [-0.39, 0.29) is 5.66 Å². The average molecular weight is 291 g/mol. The lowest BCUT2D eigenvalue weighted by Crippen LogP contribution is -2.11. The molecule has 0 aromatic heterocycles. The minimum atomic E-state index is -2.63. The summed E-state index contributed by atoms with van der Waals surface area (Å²) in [7, 11) is 0. The molecule has 1 aliphatic carbocycles. The van der Waals surface area contributed by atoms with E-state index >= 15 is 0 Å². The molecular weight excluding hydrogens is 274 g/mol. The molecule has 1 aliphatic rings. The number of hydrogen-bond donors (Lipinski definition) is 0. The molecule has 0 radical (unpaired) electrons. The van der Waals surface area contributed by atoms with Crippen molar-refractivity contribution in [1.82, 2.24) is 0 Å². The van der Waals surface area contributed by atoms with Crippen molar-refractivity contribution in [1.29, 1.82) is 0 Å². The molecule has 0 heterocycles. The van der Waals surface area contributed by atoms with Crippen molar-refractivity contribution in [2.24, 2.45) is 0 Å². The lowest BCUT2D eigenvalue weighted by atomic mass is 10.0. The predicted molar refractivity (Wildman–Crippen MR) is 75.5 cm³/mol. The van der Waals surface area contributed by atoms with Crippen LogP contribution in [0.2, 0.25) is 5.02 Å². The molecule has 1 unspecified atom stereocenters. The molecule has 1 atom stereocenters. The molecule has 1 aromatic rings. The molecule has 0 spiro atoms. The molecule has 2 rings (SSSR count). The predicted octanol–water partition coefficient (Wildman–Crippen LogP) is 5.69. The fraction of sp³-hybridized carbons (Fsp3) is 0.538. The Bertz CT molecular complexity index is 427. The summed E-state index contributed by atoms with van der Waals surface area (Å²) in [6, 6.07) is 7.54. The third kappa shape index (κ3) is 3.50. The summed E-state index contributed by atoms with van der Waals surface area (Å²) in [5.74, 6) is 0. The Morgan fingerprint density at radius 1 is 1.18 bits per heavy atom. The van der Waals surface area contributed by atoms with E-state index in [0.717, 1.165) is 31.2 Å². The van der Waals surface area contributed by atoms with E-state index in [2.05, 4.69) is 0 Å². The van der Waals surface area contributed by atoms with Crippen molar-refractivity contribution in [3.63, 3.8) is 0 Å². The van der Waals surface area contributed by atoms with Crippen LogP contribution in [0.5, 0.6) is 0 Å². The van der Waals surface area contributed by atoms with Crippen molar-refractivity contribution in [2.75, 3.05) is 0 Å². The van der Waals surface area contributed by atoms with Crippen molar-refractivity contribution < 1.29 is 4.57 Å². The van der Waals surface area contributed by atoms with Gasteiger partial charge in [-0.25, -0.2) is 0 Å². The third-order valence-corrected chi connectivity index (χ3v) is 7.40. The summed E-state index contributed by atoms with van der Waals surface area (Å²) in [4.78, 5) is 0. The second-order valence-electron chi connectivity index (χ2n) is 4.74. The van der Waals surface area contributed by atoms with Crippen LogP contribution < -0.4 is 0 Å². The van der Waals surface area contributed by atoms with E-state index in [4.69, 9.17) is 22.8 Å². The van der Waals surface area contributed by atoms with E-state index in [9.17, 15) is 4.57 Å². The summed E-state index contributed by atoms with van der Waals surface area (Å²) >= 11 is 12.4. The van der Waals surface area contributed by atoms with Gasteiger partial charge < -0.3 is 4.57 Å². The van der Waals surface area contributed by atoms with Crippen LogP contribution in [-0.4, -0.2) is 5.66 Å². The summed E-state index contributed by atoms with van der Waals surface area (Å²) in [6.45, 7) is -2.63. The lowest BCUT2D eigenvalue weighted by molar-refractivity contribution is 0.488. The molecule has 0 saturated heterocycles. The molecule has 1 aromatic carbocycles. The Kier molecular flexibility index (Phi) is 4.58. The molecule has 1 fully saturated rings. The molecule has 0 aliphatic heterocycles. The van der Waals surface area contributed by atoms with Crippen LogP contribution in [-0.2, 0) is 10.7 Å². The topological polar surface area (TPSA) is 17.1 Å². The Labute approximate surface area is 113 Å². The van der Waals surface area contributed by atoms with Gasteiger partial charge in [0.05, 0.1) is 0 Å². The first-order valence-electron chi connectivity index (χ1n) is 6.11. The Balaban J connectivity index is 2.11. The molecule has 0 N–H and O–H groups in total. The van der Waals surface area contributed by atoms with Gasteiger partial charge in [0.15, 0.2) is 6.49 Å². The van der Waals surface area contributed by atoms with Gasteiger partial charge in [-0.15, -0.1) is 0 Å². The van der Waals surface area contributed by atoms with E-state index in [1.54, 1.807) is 0 Å². The van der Waals surface area contributed by atoms with E-state index in [0.29, 0.717) is 11.2 Å². The standard InChI is InChI=1S/C13H17Cl2OP/c14-13-9-5-4-6-11(13)10-17(15,16)12-7-2-1-3-8-12/h4-6,9,12H,1-3,7-8,10H2. The highest BCUT2D eigenvalue weighted by atomic mass is 35.7. The largest absolute Gasteiger partial charge is 0.306 e. The van der Waals surface area contributed by atoms with Gasteiger partial charge in [0.1, 0.15) is 0 Å². The van der Waals surface area contributed by atoms with Crippen molar-refractivity contribution in [2.45, 2.75) is 43.9 Å². The summed E-state index contributed by atoms with van der Waals surface area (Å²) in [5.41, 5.74) is 1.10. The third-order valence-electron chi connectivity index (χ3n) is 3.46. The van der Waals surface area contributed by atoms with Crippen LogP contribution in [0.3, 0.4) is 0 Å². The zero-order valence-corrected chi connectivity index (χ0v) is 12.1.